The van der Waals surface area contributed by atoms with E-state index in [2.05, 4.69) is 20.4 Å². The van der Waals surface area contributed by atoms with E-state index in [1.54, 1.807) is 17.1 Å². The Bertz CT molecular complexity index is 906. The molecule has 1 aromatic carbocycles. The highest BCUT2D eigenvalue weighted by Crippen LogP contribution is 2.30. The van der Waals surface area contributed by atoms with Crippen LogP contribution >= 0.6 is 0 Å². The number of nitrogens with zero attached hydrogens (tertiary/aromatic N) is 4. The molecule has 0 spiro atoms. The summed E-state index contributed by atoms with van der Waals surface area (Å²) in [4.78, 5) is 8.85. The number of aromatic nitrogens is 4. The minimum atomic E-state index is 0.583. The molecule has 3 heterocycles. The first-order valence-electron chi connectivity index (χ1n) is 8.17. The SMILES string of the molecule is Cc1cc(C)n(-c2cncc(NCc3ccc4c(c3)OCCO4)n2)n1. The molecule has 0 aliphatic carbocycles. The van der Waals surface area contributed by atoms with Gasteiger partial charge in [0, 0.05) is 12.2 Å². The van der Waals surface area contributed by atoms with E-state index in [-0.39, 0.29) is 0 Å². The van der Waals surface area contributed by atoms with Gasteiger partial charge in [-0.1, -0.05) is 6.07 Å². The van der Waals surface area contributed by atoms with E-state index >= 15 is 0 Å². The van der Waals surface area contributed by atoms with Crippen LogP contribution < -0.4 is 14.8 Å². The molecule has 1 N–H and O–H groups in total. The van der Waals surface area contributed by atoms with Crippen LogP contribution in [0.3, 0.4) is 0 Å². The van der Waals surface area contributed by atoms with Crippen LogP contribution in [0.4, 0.5) is 5.82 Å². The van der Waals surface area contributed by atoms with E-state index < -0.39 is 0 Å². The second-order valence-electron chi connectivity index (χ2n) is 5.93. The molecule has 7 nitrogen and oxygen atoms in total. The van der Waals surface area contributed by atoms with Gasteiger partial charge in [0.15, 0.2) is 17.3 Å². The van der Waals surface area contributed by atoms with E-state index in [9.17, 15) is 0 Å². The molecular formula is C18H19N5O2. The fourth-order valence-corrected chi connectivity index (χ4v) is 2.79. The number of aryl methyl sites for hydroxylation is 2. The van der Waals surface area contributed by atoms with Crippen molar-refractivity contribution in [1.29, 1.82) is 0 Å². The molecule has 0 saturated carbocycles. The lowest BCUT2D eigenvalue weighted by molar-refractivity contribution is 0.171. The average molecular weight is 337 g/mol. The van der Waals surface area contributed by atoms with E-state index in [1.165, 1.54) is 0 Å². The summed E-state index contributed by atoms with van der Waals surface area (Å²) in [6, 6.07) is 7.94. The third kappa shape index (κ3) is 3.26. The fraction of sp³-hybridized carbons (Fsp3) is 0.278. The maximum atomic E-state index is 5.62. The van der Waals surface area contributed by atoms with Gasteiger partial charge in [-0.15, -0.1) is 0 Å². The molecule has 0 fully saturated rings. The Morgan fingerprint density at radius 3 is 2.72 bits per heavy atom. The van der Waals surface area contributed by atoms with Crippen molar-refractivity contribution in [2.75, 3.05) is 18.5 Å². The van der Waals surface area contributed by atoms with Crippen LogP contribution in [-0.2, 0) is 6.54 Å². The van der Waals surface area contributed by atoms with Gasteiger partial charge in [0.1, 0.15) is 19.0 Å². The summed E-state index contributed by atoms with van der Waals surface area (Å²) in [5, 5.41) is 7.74. The van der Waals surface area contributed by atoms with Crippen LogP contribution in [0.15, 0.2) is 36.7 Å². The molecule has 1 aliphatic heterocycles. The molecule has 0 saturated heterocycles. The number of fused-ring (bicyclic) bond motifs is 1. The van der Waals surface area contributed by atoms with Crippen molar-refractivity contribution in [2.45, 2.75) is 20.4 Å². The van der Waals surface area contributed by atoms with E-state index in [1.807, 2.05) is 38.1 Å². The van der Waals surface area contributed by atoms with Crippen molar-refractivity contribution in [3.8, 4) is 17.3 Å². The number of hydrogen-bond donors (Lipinski definition) is 1. The first kappa shape index (κ1) is 15.4. The van der Waals surface area contributed by atoms with Crippen molar-refractivity contribution in [3.05, 3.63) is 53.6 Å². The Morgan fingerprint density at radius 1 is 1.08 bits per heavy atom. The van der Waals surface area contributed by atoms with Gasteiger partial charge >= 0.3 is 0 Å². The Balaban J connectivity index is 1.50. The Kier molecular flexibility index (Phi) is 3.97. The molecule has 3 aromatic rings. The third-order valence-corrected chi connectivity index (χ3v) is 3.93. The smallest absolute Gasteiger partial charge is 0.174 e. The lowest BCUT2D eigenvalue weighted by Crippen LogP contribution is -2.15. The van der Waals surface area contributed by atoms with Crippen molar-refractivity contribution >= 4 is 5.82 Å². The first-order valence-corrected chi connectivity index (χ1v) is 8.17. The van der Waals surface area contributed by atoms with E-state index in [0.717, 1.165) is 28.5 Å². The zero-order valence-electron chi connectivity index (χ0n) is 14.2. The Hall–Kier alpha value is -3.09. The van der Waals surface area contributed by atoms with Gasteiger partial charge in [-0.2, -0.15) is 5.10 Å². The number of ether oxygens (including phenoxy) is 2. The van der Waals surface area contributed by atoms with Gasteiger partial charge in [0.2, 0.25) is 0 Å². The second kappa shape index (κ2) is 6.43. The first-order chi connectivity index (χ1) is 12.2. The van der Waals surface area contributed by atoms with Gasteiger partial charge in [-0.05, 0) is 37.6 Å². The molecule has 0 radical (unpaired) electrons. The van der Waals surface area contributed by atoms with Gasteiger partial charge in [0.25, 0.3) is 0 Å². The lowest BCUT2D eigenvalue weighted by atomic mass is 10.2. The van der Waals surface area contributed by atoms with Gasteiger partial charge in [-0.3, -0.25) is 4.98 Å². The number of rotatable bonds is 4. The van der Waals surface area contributed by atoms with Crippen molar-refractivity contribution in [3.63, 3.8) is 0 Å². The van der Waals surface area contributed by atoms with E-state index in [0.29, 0.717) is 31.4 Å². The summed E-state index contributed by atoms with van der Waals surface area (Å²) in [5.74, 6) is 2.96. The Morgan fingerprint density at radius 2 is 1.92 bits per heavy atom. The molecule has 0 amide bonds. The predicted octanol–water partition coefficient (Wildman–Crippen LogP) is 2.66. The predicted molar refractivity (Wildman–Crippen MR) is 93.4 cm³/mol. The summed E-state index contributed by atoms with van der Waals surface area (Å²) in [5.41, 5.74) is 3.06. The number of hydrogen-bond acceptors (Lipinski definition) is 6. The van der Waals surface area contributed by atoms with Crippen LogP contribution in [0, 0.1) is 13.8 Å². The largest absolute Gasteiger partial charge is 0.486 e. The number of benzene rings is 1. The molecule has 0 bridgehead atoms. The maximum Gasteiger partial charge on any atom is 0.174 e. The molecule has 2 aromatic heterocycles. The minimum Gasteiger partial charge on any atom is -0.486 e. The molecule has 7 heteroatoms. The van der Waals surface area contributed by atoms with Crippen LogP contribution in [-0.4, -0.2) is 33.0 Å². The highest BCUT2D eigenvalue weighted by Gasteiger charge is 2.12. The van der Waals surface area contributed by atoms with Crippen LogP contribution in [0.5, 0.6) is 11.5 Å². The maximum absolute atomic E-state index is 5.62. The summed E-state index contributed by atoms with van der Waals surface area (Å²) >= 11 is 0. The molecule has 1 aliphatic rings. The molecule has 0 unspecified atom stereocenters. The lowest BCUT2D eigenvalue weighted by Gasteiger charge is -2.19. The molecular weight excluding hydrogens is 318 g/mol. The van der Waals surface area contributed by atoms with Gasteiger partial charge < -0.3 is 14.8 Å². The molecule has 0 atom stereocenters. The third-order valence-electron chi connectivity index (χ3n) is 3.93. The van der Waals surface area contributed by atoms with Crippen molar-refractivity contribution in [2.24, 2.45) is 0 Å². The van der Waals surface area contributed by atoms with Gasteiger partial charge in [0.05, 0.1) is 18.1 Å². The zero-order chi connectivity index (χ0) is 17.2. The number of nitrogens with one attached hydrogen (secondary N) is 1. The van der Waals surface area contributed by atoms with Crippen LogP contribution in [0.2, 0.25) is 0 Å². The average Bonchev–Trinajstić information content (AvgIpc) is 2.98. The van der Waals surface area contributed by atoms with Gasteiger partial charge in [-0.25, -0.2) is 9.67 Å². The minimum absolute atomic E-state index is 0.583. The normalized spacial score (nSPS) is 12.9. The summed E-state index contributed by atoms with van der Waals surface area (Å²) in [6.07, 6.45) is 3.40. The van der Waals surface area contributed by atoms with E-state index in [4.69, 9.17) is 9.47 Å². The molecule has 128 valence electrons. The highest BCUT2D eigenvalue weighted by molar-refractivity contribution is 5.45. The molecule has 4 rings (SSSR count). The highest BCUT2D eigenvalue weighted by atomic mass is 16.6. The quantitative estimate of drug-likeness (QED) is 0.789. The number of anilines is 1. The summed E-state index contributed by atoms with van der Waals surface area (Å²) < 4.78 is 12.9. The summed E-state index contributed by atoms with van der Waals surface area (Å²) in [6.45, 7) is 5.75. The van der Waals surface area contributed by atoms with Crippen LogP contribution in [0.1, 0.15) is 17.0 Å². The second-order valence-corrected chi connectivity index (χ2v) is 5.93. The monoisotopic (exact) mass is 337 g/mol. The summed E-state index contributed by atoms with van der Waals surface area (Å²) in [7, 11) is 0. The van der Waals surface area contributed by atoms with Crippen LogP contribution in [0.25, 0.3) is 5.82 Å². The standard InChI is InChI=1S/C18H19N5O2/c1-12-7-13(2)23(22-12)18-11-19-10-17(21-18)20-9-14-3-4-15-16(8-14)25-6-5-24-15/h3-4,7-8,10-11H,5-6,9H2,1-2H3,(H,20,21). The molecule has 25 heavy (non-hydrogen) atoms. The Labute approximate surface area is 145 Å². The fourth-order valence-electron chi connectivity index (χ4n) is 2.79. The van der Waals surface area contributed by atoms with Crippen molar-refractivity contribution < 1.29 is 9.47 Å². The van der Waals surface area contributed by atoms with Crippen molar-refractivity contribution in [1.82, 2.24) is 19.7 Å². The zero-order valence-corrected chi connectivity index (χ0v) is 14.2. The topological polar surface area (TPSA) is 74.1 Å².